The van der Waals surface area contributed by atoms with Crippen molar-refractivity contribution in [3.63, 3.8) is 0 Å². The maximum absolute atomic E-state index is 6.30. The summed E-state index contributed by atoms with van der Waals surface area (Å²) in [6, 6.07) is 54.8. The first kappa shape index (κ1) is 32.8. The molecule has 4 nitrogen and oxygen atoms in total. The fraction of sp³-hybridized carbons (Fsp3) is 0.111. The summed E-state index contributed by atoms with van der Waals surface area (Å²) in [5, 5.41) is 5.94. The molecule has 0 aliphatic rings. The average Bonchev–Trinajstić information content (AvgIpc) is 3.57. The monoisotopic (exact) mass is 670 g/mol. The van der Waals surface area contributed by atoms with Crippen molar-refractivity contribution < 1.29 is 0 Å². The highest BCUT2D eigenvalue weighted by molar-refractivity contribution is 6.30. The first-order valence-corrected chi connectivity index (χ1v) is 17.3. The zero-order valence-electron chi connectivity index (χ0n) is 28.5. The summed E-state index contributed by atoms with van der Waals surface area (Å²) in [5.41, 5.74) is 9.83. The Bertz CT molecular complexity index is 2080. The molecule has 0 saturated carbocycles. The van der Waals surface area contributed by atoms with Crippen LogP contribution in [0.2, 0.25) is 5.02 Å². The van der Waals surface area contributed by atoms with E-state index in [1.54, 1.807) is 0 Å². The molecule has 7 rings (SSSR count). The molecular formula is C45H39ClN4. The van der Waals surface area contributed by atoms with Gasteiger partial charge in [0.05, 0.1) is 17.4 Å². The Morgan fingerprint density at radius 1 is 0.680 bits per heavy atom. The molecule has 0 N–H and O–H groups in total. The van der Waals surface area contributed by atoms with Crippen molar-refractivity contribution in [2.75, 3.05) is 7.05 Å². The highest BCUT2D eigenvalue weighted by Gasteiger charge is 2.39. The van der Waals surface area contributed by atoms with Crippen molar-refractivity contribution in [3.05, 3.63) is 220 Å². The Labute approximate surface area is 300 Å². The predicted octanol–water partition coefficient (Wildman–Crippen LogP) is 10.8. The quantitative estimate of drug-likeness (QED) is 0.136. The average molecular weight is 671 g/mol. The van der Waals surface area contributed by atoms with Crippen molar-refractivity contribution in [2.24, 2.45) is 0 Å². The van der Waals surface area contributed by atoms with Crippen LogP contribution in [-0.2, 0) is 5.54 Å². The molecule has 2 aromatic heterocycles. The van der Waals surface area contributed by atoms with Crippen molar-refractivity contribution >= 4 is 17.2 Å². The van der Waals surface area contributed by atoms with Gasteiger partial charge >= 0.3 is 0 Å². The van der Waals surface area contributed by atoms with E-state index in [9.17, 15) is 0 Å². The molecular weight excluding hydrogens is 632 g/mol. The van der Waals surface area contributed by atoms with Gasteiger partial charge in [-0.15, -0.1) is 0 Å². The minimum atomic E-state index is -0.697. The van der Waals surface area contributed by atoms with Crippen LogP contribution in [0, 0.1) is 6.92 Å². The maximum atomic E-state index is 6.30. The summed E-state index contributed by atoms with van der Waals surface area (Å²) in [6.45, 7) is 4.28. The number of pyridine rings is 1. The number of aryl methyl sites for hydroxylation is 1. The minimum Gasteiger partial charge on any atom is -0.373 e. The molecule has 7 aromatic rings. The predicted molar refractivity (Wildman–Crippen MR) is 206 cm³/mol. The van der Waals surface area contributed by atoms with E-state index in [-0.39, 0.29) is 6.04 Å². The van der Waals surface area contributed by atoms with Crippen LogP contribution in [0.1, 0.15) is 52.0 Å². The second kappa shape index (κ2) is 14.4. The molecule has 5 aromatic carbocycles. The van der Waals surface area contributed by atoms with E-state index in [0.29, 0.717) is 5.02 Å². The van der Waals surface area contributed by atoms with E-state index in [0.717, 1.165) is 50.3 Å². The number of rotatable bonds is 10. The first-order valence-electron chi connectivity index (χ1n) is 16.9. The van der Waals surface area contributed by atoms with Gasteiger partial charge in [0, 0.05) is 47.4 Å². The summed E-state index contributed by atoms with van der Waals surface area (Å²) in [7, 11) is 2.12. The SMILES string of the molecule is Cc1nn(C(c2ccccc2)(c2ccccc2)c2ccccc2)cc1-c1ccc(C(=CN(C)[C@@H](C)c2ccccc2)c2ccc(Cl)cc2)cn1. The summed E-state index contributed by atoms with van der Waals surface area (Å²) < 4.78 is 2.12. The van der Waals surface area contributed by atoms with Crippen LogP contribution in [0.25, 0.3) is 16.8 Å². The molecule has 1 atom stereocenters. The van der Waals surface area contributed by atoms with Crippen LogP contribution < -0.4 is 0 Å². The van der Waals surface area contributed by atoms with Crippen LogP contribution >= 0.6 is 11.6 Å². The van der Waals surface area contributed by atoms with Gasteiger partial charge < -0.3 is 4.90 Å². The van der Waals surface area contributed by atoms with E-state index in [2.05, 4.69) is 188 Å². The van der Waals surface area contributed by atoms with Gasteiger partial charge in [0.25, 0.3) is 0 Å². The van der Waals surface area contributed by atoms with Crippen molar-refractivity contribution in [2.45, 2.75) is 25.4 Å². The summed E-state index contributed by atoms with van der Waals surface area (Å²) >= 11 is 6.30. The molecule has 0 spiro atoms. The van der Waals surface area contributed by atoms with Crippen LogP contribution in [0.15, 0.2) is 176 Å². The molecule has 2 heterocycles. The lowest BCUT2D eigenvalue weighted by Crippen LogP contribution is -2.38. The number of hydrogen-bond donors (Lipinski definition) is 0. The van der Waals surface area contributed by atoms with E-state index in [1.165, 1.54) is 5.56 Å². The van der Waals surface area contributed by atoms with E-state index in [4.69, 9.17) is 21.7 Å². The highest BCUT2D eigenvalue weighted by Crippen LogP contribution is 2.41. The third-order valence-corrected chi connectivity index (χ3v) is 9.80. The highest BCUT2D eigenvalue weighted by atomic mass is 35.5. The fourth-order valence-electron chi connectivity index (χ4n) is 6.76. The molecule has 0 aliphatic heterocycles. The number of halogens is 1. The third kappa shape index (κ3) is 6.38. The Morgan fingerprint density at radius 3 is 1.68 bits per heavy atom. The van der Waals surface area contributed by atoms with Gasteiger partial charge in [0.2, 0.25) is 0 Å². The number of hydrogen-bond acceptors (Lipinski definition) is 3. The normalized spacial score (nSPS) is 12.4. The lowest BCUT2D eigenvalue weighted by molar-refractivity contribution is 0.362. The maximum Gasteiger partial charge on any atom is 0.138 e. The second-order valence-corrected chi connectivity index (χ2v) is 13.1. The Hall–Kier alpha value is -5.71. The molecule has 0 aliphatic carbocycles. The molecule has 246 valence electrons. The van der Waals surface area contributed by atoms with Crippen LogP contribution in [0.4, 0.5) is 0 Å². The topological polar surface area (TPSA) is 34.0 Å². The largest absolute Gasteiger partial charge is 0.373 e. The minimum absolute atomic E-state index is 0.179. The van der Waals surface area contributed by atoms with Crippen molar-refractivity contribution in [1.29, 1.82) is 0 Å². The molecule has 50 heavy (non-hydrogen) atoms. The van der Waals surface area contributed by atoms with Gasteiger partial charge in [0.15, 0.2) is 0 Å². The lowest BCUT2D eigenvalue weighted by Gasteiger charge is -2.36. The standard InChI is InChI=1S/C45H39ClN4/c1-33-42(32-50(48-33)45(38-18-10-5-11-19-38,39-20-12-6-13-21-39)40-22-14-7-15-23-40)44-29-26-37(30-47-44)43(36-24-27-41(46)28-25-36)31-49(3)34(2)35-16-8-4-9-17-35/h4-32,34H,1-3H3/t34-/m0/s1. The van der Waals surface area contributed by atoms with Gasteiger partial charge in [-0.1, -0.05) is 151 Å². The molecule has 0 radical (unpaired) electrons. The number of benzene rings is 5. The van der Waals surface area contributed by atoms with Crippen LogP contribution in [0.5, 0.6) is 0 Å². The second-order valence-electron chi connectivity index (χ2n) is 12.6. The molecule has 0 fully saturated rings. The zero-order chi connectivity index (χ0) is 34.5. The van der Waals surface area contributed by atoms with Crippen molar-refractivity contribution in [1.82, 2.24) is 19.7 Å². The van der Waals surface area contributed by atoms with Gasteiger partial charge in [-0.3, -0.25) is 9.67 Å². The zero-order valence-corrected chi connectivity index (χ0v) is 29.2. The third-order valence-electron chi connectivity index (χ3n) is 9.55. The van der Waals surface area contributed by atoms with Gasteiger partial charge in [0.1, 0.15) is 5.54 Å². The van der Waals surface area contributed by atoms with E-state index >= 15 is 0 Å². The van der Waals surface area contributed by atoms with Crippen molar-refractivity contribution in [3.8, 4) is 11.3 Å². The van der Waals surface area contributed by atoms with Gasteiger partial charge in [-0.2, -0.15) is 5.10 Å². The molecule has 0 unspecified atom stereocenters. The Kier molecular flexibility index (Phi) is 9.46. The van der Waals surface area contributed by atoms with E-state index in [1.807, 2.05) is 18.3 Å². The summed E-state index contributed by atoms with van der Waals surface area (Å²) in [5.74, 6) is 0. The Balaban J connectivity index is 1.32. The Morgan fingerprint density at radius 2 is 1.18 bits per heavy atom. The van der Waals surface area contributed by atoms with Gasteiger partial charge in [-0.05, 0) is 59.9 Å². The first-order chi connectivity index (χ1) is 24.4. The number of aromatic nitrogens is 3. The van der Waals surface area contributed by atoms with Crippen LogP contribution in [0.3, 0.4) is 0 Å². The molecule has 5 heteroatoms. The van der Waals surface area contributed by atoms with E-state index < -0.39 is 5.54 Å². The smallest absolute Gasteiger partial charge is 0.138 e. The summed E-state index contributed by atoms with van der Waals surface area (Å²) in [6.07, 6.45) is 6.32. The molecule has 0 amide bonds. The summed E-state index contributed by atoms with van der Waals surface area (Å²) in [4.78, 5) is 7.31. The fourth-order valence-corrected chi connectivity index (χ4v) is 6.88. The lowest BCUT2D eigenvalue weighted by atomic mass is 9.77. The van der Waals surface area contributed by atoms with Gasteiger partial charge in [-0.25, -0.2) is 0 Å². The molecule has 0 saturated heterocycles. The molecule has 0 bridgehead atoms. The number of nitrogens with zero attached hydrogens (tertiary/aromatic N) is 4. The van der Waals surface area contributed by atoms with Crippen LogP contribution in [-0.4, -0.2) is 26.7 Å².